The normalized spacial score (nSPS) is 19.2. The molecule has 0 spiro atoms. The number of piperidine rings is 1. The Morgan fingerprint density at radius 2 is 2.20 bits per heavy atom. The minimum Gasteiger partial charge on any atom is -0.374 e. The lowest BCUT2D eigenvalue weighted by atomic mass is 9.99. The van der Waals surface area contributed by atoms with Gasteiger partial charge in [-0.1, -0.05) is 18.2 Å². The summed E-state index contributed by atoms with van der Waals surface area (Å²) in [6, 6.07) is 10.6. The molecular weight excluding hydrogens is 246 g/mol. The van der Waals surface area contributed by atoms with Crippen molar-refractivity contribution in [2.75, 3.05) is 31.6 Å². The van der Waals surface area contributed by atoms with Gasteiger partial charge in [-0.2, -0.15) is 0 Å². The van der Waals surface area contributed by atoms with Crippen LogP contribution in [0.5, 0.6) is 0 Å². The fraction of sp³-hybridized carbons (Fsp3) is 0.471. The fourth-order valence-corrected chi connectivity index (χ4v) is 3.17. The van der Waals surface area contributed by atoms with Crippen LogP contribution < -0.4 is 10.2 Å². The van der Waals surface area contributed by atoms with Gasteiger partial charge in [0, 0.05) is 30.4 Å². The number of hydrogen-bond donors (Lipinski definition) is 1. The number of benzene rings is 1. The molecule has 1 fully saturated rings. The average molecular weight is 269 g/mol. The summed E-state index contributed by atoms with van der Waals surface area (Å²) in [6.45, 7) is 5.51. The molecule has 0 aliphatic carbocycles. The third-order valence-corrected chi connectivity index (χ3v) is 4.16. The van der Waals surface area contributed by atoms with Gasteiger partial charge in [0.1, 0.15) is 0 Å². The number of nitrogens with zero attached hydrogens (tertiary/aromatic N) is 2. The van der Waals surface area contributed by atoms with E-state index in [1.54, 1.807) is 0 Å². The van der Waals surface area contributed by atoms with Gasteiger partial charge in [0.2, 0.25) is 0 Å². The molecule has 1 atom stereocenters. The first-order valence-electron chi connectivity index (χ1n) is 7.52. The highest BCUT2D eigenvalue weighted by molar-refractivity contribution is 5.91. The maximum Gasteiger partial charge on any atom is 0.0726 e. The first kappa shape index (κ1) is 13.4. The summed E-state index contributed by atoms with van der Waals surface area (Å²) < 4.78 is 0. The summed E-state index contributed by atoms with van der Waals surface area (Å²) in [7, 11) is 2.20. The Balaban J connectivity index is 1.88. The maximum absolute atomic E-state index is 4.63. The third kappa shape index (κ3) is 2.78. The van der Waals surface area contributed by atoms with Crippen LogP contribution in [0, 0.1) is 12.8 Å². The van der Waals surface area contributed by atoms with E-state index in [1.807, 2.05) is 0 Å². The molecular formula is C17H23N3. The summed E-state index contributed by atoms with van der Waals surface area (Å²) >= 11 is 0. The summed E-state index contributed by atoms with van der Waals surface area (Å²) in [5.41, 5.74) is 3.49. The first-order chi connectivity index (χ1) is 9.74. The van der Waals surface area contributed by atoms with E-state index < -0.39 is 0 Å². The molecule has 0 saturated carbocycles. The zero-order chi connectivity index (χ0) is 13.9. The number of hydrogen-bond acceptors (Lipinski definition) is 3. The second-order valence-corrected chi connectivity index (χ2v) is 5.89. The Labute approximate surface area is 121 Å². The first-order valence-corrected chi connectivity index (χ1v) is 7.52. The topological polar surface area (TPSA) is 28.2 Å². The van der Waals surface area contributed by atoms with Crippen LogP contribution >= 0.6 is 0 Å². The standard InChI is InChI=1S/C17H23N3/c1-13-10-17(15-7-3-4-8-16(15)19-13)20(2)12-14-6-5-9-18-11-14/h3-4,7-8,10,14,18H,5-6,9,11-12H2,1-2H3. The Morgan fingerprint density at radius 1 is 1.35 bits per heavy atom. The molecule has 3 nitrogen and oxygen atoms in total. The Bertz CT molecular complexity index is 588. The zero-order valence-electron chi connectivity index (χ0n) is 12.4. The van der Waals surface area contributed by atoms with Crippen molar-refractivity contribution in [1.82, 2.24) is 10.3 Å². The van der Waals surface area contributed by atoms with Crippen LogP contribution in [0.3, 0.4) is 0 Å². The molecule has 0 radical (unpaired) electrons. The van der Waals surface area contributed by atoms with Gasteiger partial charge in [-0.05, 0) is 50.9 Å². The Hall–Kier alpha value is -1.61. The van der Waals surface area contributed by atoms with Crippen molar-refractivity contribution in [2.45, 2.75) is 19.8 Å². The summed E-state index contributed by atoms with van der Waals surface area (Å²) in [6.07, 6.45) is 2.63. The molecule has 1 aliphatic heterocycles. The van der Waals surface area contributed by atoms with E-state index in [0.29, 0.717) is 0 Å². The monoisotopic (exact) mass is 269 g/mol. The summed E-state index contributed by atoms with van der Waals surface area (Å²) in [5.74, 6) is 0.751. The smallest absolute Gasteiger partial charge is 0.0726 e. The average Bonchev–Trinajstić information content (AvgIpc) is 2.47. The lowest BCUT2D eigenvalue weighted by Gasteiger charge is -2.29. The second kappa shape index (κ2) is 5.80. The van der Waals surface area contributed by atoms with E-state index >= 15 is 0 Å². The van der Waals surface area contributed by atoms with Gasteiger partial charge >= 0.3 is 0 Å². The number of rotatable bonds is 3. The van der Waals surface area contributed by atoms with Crippen LogP contribution in [-0.4, -0.2) is 31.7 Å². The van der Waals surface area contributed by atoms with Gasteiger partial charge in [0.05, 0.1) is 5.52 Å². The number of pyridine rings is 1. The highest BCUT2D eigenvalue weighted by atomic mass is 15.1. The number of fused-ring (bicyclic) bond motifs is 1. The number of para-hydroxylation sites is 1. The molecule has 1 unspecified atom stereocenters. The van der Waals surface area contributed by atoms with Crippen LogP contribution in [0.2, 0.25) is 0 Å². The molecule has 2 heterocycles. The van der Waals surface area contributed by atoms with E-state index in [2.05, 4.69) is 59.5 Å². The van der Waals surface area contributed by atoms with Gasteiger partial charge < -0.3 is 10.2 Å². The lowest BCUT2D eigenvalue weighted by molar-refractivity contribution is 0.381. The summed E-state index contributed by atoms with van der Waals surface area (Å²) in [4.78, 5) is 7.02. The van der Waals surface area contributed by atoms with Crippen molar-refractivity contribution in [2.24, 2.45) is 5.92 Å². The van der Waals surface area contributed by atoms with Gasteiger partial charge in [0.25, 0.3) is 0 Å². The number of anilines is 1. The molecule has 2 aromatic rings. The number of aromatic nitrogens is 1. The van der Waals surface area contributed by atoms with Crippen LogP contribution in [0.15, 0.2) is 30.3 Å². The molecule has 0 amide bonds. The SMILES string of the molecule is Cc1cc(N(C)CC2CCCNC2)c2ccccc2n1. The quantitative estimate of drug-likeness (QED) is 0.928. The minimum absolute atomic E-state index is 0.751. The Kier molecular flexibility index (Phi) is 3.88. The predicted molar refractivity (Wildman–Crippen MR) is 85.3 cm³/mol. The molecule has 20 heavy (non-hydrogen) atoms. The maximum atomic E-state index is 4.63. The van der Waals surface area contributed by atoms with Crippen molar-refractivity contribution >= 4 is 16.6 Å². The van der Waals surface area contributed by atoms with Crippen molar-refractivity contribution in [3.05, 3.63) is 36.0 Å². The molecule has 106 valence electrons. The molecule has 1 aromatic carbocycles. The molecule has 1 saturated heterocycles. The van der Waals surface area contributed by atoms with Gasteiger partial charge in [-0.25, -0.2) is 0 Å². The van der Waals surface area contributed by atoms with E-state index in [0.717, 1.165) is 30.2 Å². The van der Waals surface area contributed by atoms with E-state index in [9.17, 15) is 0 Å². The van der Waals surface area contributed by atoms with Gasteiger partial charge in [0.15, 0.2) is 0 Å². The predicted octanol–water partition coefficient (Wildman–Crippen LogP) is 2.98. The molecule has 0 bridgehead atoms. The van der Waals surface area contributed by atoms with Crippen LogP contribution in [0.1, 0.15) is 18.5 Å². The third-order valence-electron chi connectivity index (χ3n) is 4.16. The van der Waals surface area contributed by atoms with Crippen molar-refractivity contribution in [3.8, 4) is 0 Å². The second-order valence-electron chi connectivity index (χ2n) is 5.89. The van der Waals surface area contributed by atoms with E-state index in [4.69, 9.17) is 0 Å². The molecule has 1 aliphatic rings. The number of aryl methyl sites for hydroxylation is 1. The lowest BCUT2D eigenvalue weighted by Crippen LogP contribution is -2.37. The molecule has 3 rings (SSSR count). The van der Waals surface area contributed by atoms with Crippen molar-refractivity contribution in [1.29, 1.82) is 0 Å². The van der Waals surface area contributed by atoms with Crippen LogP contribution in [0.25, 0.3) is 10.9 Å². The van der Waals surface area contributed by atoms with Gasteiger partial charge in [-0.3, -0.25) is 4.98 Å². The minimum atomic E-state index is 0.751. The molecule has 3 heteroatoms. The van der Waals surface area contributed by atoms with Gasteiger partial charge in [-0.15, -0.1) is 0 Å². The van der Waals surface area contributed by atoms with Crippen LogP contribution in [0.4, 0.5) is 5.69 Å². The largest absolute Gasteiger partial charge is 0.374 e. The van der Waals surface area contributed by atoms with Crippen LogP contribution in [-0.2, 0) is 0 Å². The van der Waals surface area contributed by atoms with E-state index in [-0.39, 0.29) is 0 Å². The highest BCUT2D eigenvalue weighted by Gasteiger charge is 2.16. The van der Waals surface area contributed by atoms with Crippen molar-refractivity contribution < 1.29 is 0 Å². The van der Waals surface area contributed by atoms with E-state index in [1.165, 1.54) is 30.5 Å². The zero-order valence-corrected chi connectivity index (χ0v) is 12.4. The van der Waals surface area contributed by atoms with Crippen molar-refractivity contribution in [3.63, 3.8) is 0 Å². The fourth-order valence-electron chi connectivity index (χ4n) is 3.17. The Morgan fingerprint density at radius 3 is 3.00 bits per heavy atom. The molecule has 1 N–H and O–H groups in total. The summed E-state index contributed by atoms with van der Waals surface area (Å²) in [5, 5.41) is 4.76. The molecule has 1 aromatic heterocycles. The number of nitrogens with one attached hydrogen (secondary N) is 1. The highest BCUT2D eigenvalue weighted by Crippen LogP contribution is 2.27.